The second-order valence-electron chi connectivity index (χ2n) is 6.70. The van der Waals surface area contributed by atoms with Crippen LogP contribution in [0.4, 0.5) is 4.79 Å². The Balaban J connectivity index is 0.00000225. The molecule has 2 aromatic carbocycles. The zero-order chi connectivity index (χ0) is 19.1. The summed E-state index contributed by atoms with van der Waals surface area (Å²) in [4.78, 5) is 29.5. The molecular weight excluding hydrogens is 397 g/mol. The lowest BCUT2D eigenvalue weighted by molar-refractivity contribution is -0.127. The fourth-order valence-electron chi connectivity index (χ4n) is 3.42. The number of para-hydroxylation sites is 1. The fourth-order valence-corrected chi connectivity index (χ4v) is 3.83. The summed E-state index contributed by atoms with van der Waals surface area (Å²) in [5.41, 5.74) is 3.53. The Morgan fingerprint density at radius 3 is 2.64 bits per heavy atom. The summed E-state index contributed by atoms with van der Waals surface area (Å²) in [6.07, 6.45) is 2.22. The quantitative estimate of drug-likeness (QED) is 0.581. The first kappa shape index (κ1) is 20.2. The van der Waals surface area contributed by atoms with Crippen LogP contribution < -0.4 is 5.32 Å². The molecule has 2 N–H and O–H groups in total. The SMILES string of the molecule is C.Cc1ccc(Cl)c(CN2C(=O)N[C@H](Cc3c[nH]c4c(Cl)cccc34)C2=O)c1. The topological polar surface area (TPSA) is 65.2 Å². The Bertz CT molecular complexity index is 1060. The molecule has 0 bridgehead atoms. The molecule has 1 fully saturated rings. The maximum atomic E-state index is 12.8. The molecule has 4 rings (SSSR count). The van der Waals surface area contributed by atoms with Crippen molar-refractivity contribution in [2.45, 2.75) is 33.4 Å². The van der Waals surface area contributed by atoms with Gasteiger partial charge in [0.05, 0.1) is 17.1 Å². The number of hydrogen-bond donors (Lipinski definition) is 2. The first-order valence-electron chi connectivity index (χ1n) is 8.55. The highest BCUT2D eigenvalue weighted by Crippen LogP contribution is 2.27. The van der Waals surface area contributed by atoms with E-state index < -0.39 is 12.1 Å². The smallest absolute Gasteiger partial charge is 0.325 e. The summed E-state index contributed by atoms with van der Waals surface area (Å²) < 4.78 is 0. The molecule has 0 saturated carbocycles. The molecule has 0 unspecified atom stereocenters. The molecule has 1 aliphatic rings. The number of nitrogens with zero attached hydrogens (tertiary/aromatic N) is 1. The molecule has 5 nitrogen and oxygen atoms in total. The van der Waals surface area contributed by atoms with Crippen LogP contribution >= 0.6 is 23.2 Å². The highest BCUT2D eigenvalue weighted by molar-refractivity contribution is 6.35. The Morgan fingerprint density at radius 2 is 1.86 bits per heavy atom. The Kier molecular flexibility index (Phi) is 5.68. The molecule has 146 valence electrons. The highest BCUT2D eigenvalue weighted by Gasteiger charge is 2.38. The van der Waals surface area contributed by atoms with E-state index in [0.29, 0.717) is 16.5 Å². The van der Waals surface area contributed by atoms with Crippen molar-refractivity contribution >= 4 is 46.0 Å². The molecule has 3 amide bonds. The van der Waals surface area contributed by atoms with Crippen molar-refractivity contribution in [1.29, 1.82) is 0 Å². The molecule has 0 radical (unpaired) electrons. The number of amides is 3. The third-order valence-corrected chi connectivity index (χ3v) is 5.49. The number of imide groups is 1. The Hall–Kier alpha value is -2.50. The summed E-state index contributed by atoms with van der Waals surface area (Å²) in [5, 5.41) is 4.88. The van der Waals surface area contributed by atoms with Crippen molar-refractivity contribution < 1.29 is 9.59 Å². The van der Waals surface area contributed by atoms with Gasteiger partial charge < -0.3 is 10.3 Å². The van der Waals surface area contributed by atoms with Crippen LogP contribution in [0.2, 0.25) is 10.0 Å². The lowest BCUT2D eigenvalue weighted by atomic mass is 10.0. The average molecular weight is 418 g/mol. The fraction of sp³-hybridized carbons (Fsp3) is 0.238. The Labute approximate surface area is 173 Å². The number of rotatable bonds is 4. The second-order valence-corrected chi connectivity index (χ2v) is 7.52. The number of aryl methyl sites for hydroxylation is 1. The number of carbonyl (C=O) groups excluding carboxylic acids is 2. The predicted octanol–water partition coefficient (Wildman–Crippen LogP) is 5.08. The summed E-state index contributed by atoms with van der Waals surface area (Å²) in [6, 6.07) is 10.2. The van der Waals surface area contributed by atoms with E-state index in [1.54, 1.807) is 12.1 Å². The van der Waals surface area contributed by atoms with Gasteiger partial charge in [0.1, 0.15) is 6.04 Å². The van der Waals surface area contributed by atoms with Gasteiger partial charge in [0.15, 0.2) is 0 Å². The molecule has 0 aliphatic carbocycles. The van der Waals surface area contributed by atoms with Crippen molar-refractivity contribution in [1.82, 2.24) is 15.2 Å². The number of halogens is 2. The number of H-pyrrole nitrogens is 1. The maximum absolute atomic E-state index is 12.8. The van der Waals surface area contributed by atoms with E-state index in [-0.39, 0.29) is 19.9 Å². The monoisotopic (exact) mass is 417 g/mol. The molecule has 1 aromatic heterocycles. The zero-order valence-electron chi connectivity index (χ0n) is 14.6. The van der Waals surface area contributed by atoms with Gasteiger partial charge in [-0.2, -0.15) is 0 Å². The van der Waals surface area contributed by atoms with Gasteiger partial charge in [-0.15, -0.1) is 0 Å². The van der Waals surface area contributed by atoms with Crippen LogP contribution in [0.25, 0.3) is 10.9 Å². The van der Waals surface area contributed by atoms with Crippen molar-refractivity contribution in [2.75, 3.05) is 0 Å². The van der Waals surface area contributed by atoms with Gasteiger partial charge in [0.2, 0.25) is 0 Å². The van der Waals surface area contributed by atoms with Crippen LogP contribution in [0.3, 0.4) is 0 Å². The largest absolute Gasteiger partial charge is 0.360 e. The van der Waals surface area contributed by atoms with Gasteiger partial charge in [-0.1, -0.05) is 60.5 Å². The van der Waals surface area contributed by atoms with Crippen LogP contribution in [0.1, 0.15) is 24.1 Å². The van der Waals surface area contributed by atoms with E-state index in [9.17, 15) is 9.59 Å². The molecule has 1 saturated heterocycles. The number of nitrogens with one attached hydrogen (secondary N) is 2. The number of carbonyl (C=O) groups is 2. The molecule has 7 heteroatoms. The normalized spacial score (nSPS) is 16.4. The molecule has 2 heterocycles. The number of aromatic nitrogens is 1. The number of hydrogen-bond acceptors (Lipinski definition) is 2. The van der Waals surface area contributed by atoms with Crippen molar-refractivity contribution in [3.8, 4) is 0 Å². The molecule has 3 aromatic rings. The molecule has 28 heavy (non-hydrogen) atoms. The van der Waals surface area contributed by atoms with Crippen molar-refractivity contribution in [3.63, 3.8) is 0 Å². The highest BCUT2D eigenvalue weighted by atomic mass is 35.5. The molecular formula is C21H21Cl2N3O2. The summed E-state index contributed by atoms with van der Waals surface area (Å²) in [7, 11) is 0. The predicted molar refractivity (Wildman–Crippen MR) is 113 cm³/mol. The third kappa shape index (κ3) is 3.60. The minimum atomic E-state index is -0.612. The lowest BCUT2D eigenvalue weighted by Crippen LogP contribution is -2.32. The van der Waals surface area contributed by atoms with Gasteiger partial charge >= 0.3 is 6.03 Å². The summed E-state index contributed by atoms with van der Waals surface area (Å²) in [6.45, 7) is 2.10. The van der Waals surface area contributed by atoms with Crippen molar-refractivity contribution in [2.24, 2.45) is 0 Å². The second kappa shape index (κ2) is 7.86. The minimum absolute atomic E-state index is 0. The van der Waals surface area contributed by atoms with E-state index in [1.165, 1.54) is 4.90 Å². The summed E-state index contributed by atoms with van der Waals surface area (Å²) in [5.74, 6) is -0.256. The minimum Gasteiger partial charge on any atom is -0.360 e. The number of aromatic amines is 1. The maximum Gasteiger partial charge on any atom is 0.325 e. The number of fused-ring (bicyclic) bond motifs is 1. The average Bonchev–Trinajstić information content (AvgIpc) is 3.16. The number of benzene rings is 2. The van der Waals surface area contributed by atoms with Crippen LogP contribution in [0.5, 0.6) is 0 Å². The van der Waals surface area contributed by atoms with Crippen molar-refractivity contribution in [3.05, 3.63) is 69.3 Å². The van der Waals surface area contributed by atoms with Crippen LogP contribution in [0.15, 0.2) is 42.6 Å². The zero-order valence-corrected chi connectivity index (χ0v) is 16.1. The van der Waals surface area contributed by atoms with Gasteiger partial charge in [0, 0.05) is 23.0 Å². The standard InChI is InChI=1S/C20H17Cl2N3O2.CH4/c1-11-5-6-15(21)13(7-11)10-25-19(26)17(24-20(25)27)8-12-9-23-18-14(12)3-2-4-16(18)22;/h2-7,9,17,23H,8,10H2,1H3,(H,24,27);1H4/t17-;/m1./s1. The third-order valence-electron chi connectivity index (χ3n) is 4.81. The number of urea groups is 1. The van der Waals surface area contributed by atoms with Gasteiger partial charge in [0.25, 0.3) is 5.91 Å². The van der Waals surface area contributed by atoms with Crippen LogP contribution in [-0.4, -0.2) is 27.9 Å². The van der Waals surface area contributed by atoms with E-state index in [2.05, 4.69) is 10.3 Å². The van der Waals surface area contributed by atoms with Gasteiger partial charge in [-0.05, 0) is 30.2 Å². The molecule has 1 aliphatic heterocycles. The Morgan fingerprint density at radius 1 is 1.07 bits per heavy atom. The van der Waals surface area contributed by atoms with E-state index in [0.717, 1.165) is 27.6 Å². The summed E-state index contributed by atoms with van der Waals surface area (Å²) >= 11 is 12.4. The van der Waals surface area contributed by atoms with Crippen LogP contribution in [0, 0.1) is 6.92 Å². The molecule has 1 atom stereocenters. The van der Waals surface area contributed by atoms with E-state index >= 15 is 0 Å². The van der Waals surface area contributed by atoms with Gasteiger partial charge in [-0.3, -0.25) is 9.69 Å². The van der Waals surface area contributed by atoms with Gasteiger partial charge in [-0.25, -0.2) is 4.79 Å². The van der Waals surface area contributed by atoms with Crippen LogP contribution in [-0.2, 0) is 17.8 Å². The lowest BCUT2D eigenvalue weighted by Gasteiger charge is -2.14. The molecule has 0 spiro atoms. The first-order chi connectivity index (χ1) is 12.9. The van der Waals surface area contributed by atoms with E-state index in [4.69, 9.17) is 23.2 Å². The van der Waals surface area contributed by atoms with E-state index in [1.807, 2.05) is 37.4 Å². The first-order valence-corrected chi connectivity index (χ1v) is 9.31.